The minimum atomic E-state index is -0.776. The third-order valence-corrected chi connectivity index (χ3v) is 4.64. The Morgan fingerprint density at radius 2 is 2.24 bits per heavy atom. The van der Waals surface area contributed by atoms with Gasteiger partial charge in [0.05, 0.1) is 23.3 Å². The number of likely N-dealkylation sites (N-methyl/N-ethyl adjacent to an activating group) is 1. The molecule has 1 aliphatic rings. The fourth-order valence-electron chi connectivity index (χ4n) is 2.25. The average Bonchev–Trinajstić information content (AvgIpc) is 2.98. The number of amides is 1. The summed E-state index contributed by atoms with van der Waals surface area (Å²) in [7, 11) is 1.75. The molecule has 1 saturated heterocycles. The predicted molar refractivity (Wildman–Crippen MR) is 85.2 cm³/mol. The first-order valence-corrected chi connectivity index (χ1v) is 7.58. The number of hydrogen-bond donors (Lipinski definition) is 1. The Morgan fingerprint density at radius 3 is 2.76 bits per heavy atom. The van der Waals surface area contributed by atoms with Crippen LogP contribution in [-0.2, 0) is 16.1 Å². The highest BCUT2D eigenvalue weighted by Crippen LogP contribution is 2.22. The summed E-state index contributed by atoms with van der Waals surface area (Å²) in [6.07, 6.45) is 0.618. The van der Waals surface area contributed by atoms with Crippen LogP contribution in [0.4, 0.5) is 0 Å². The zero-order valence-corrected chi connectivity index (χ0v) is 14.0. The van der Waals surface area contributed by atoms with E-state index in [1.807, 2.05) is 17.0 Å². The van der Waals surface area contributed by atoms with Crippen molar-refractivity contribution in [3.8, 4) is 0 Å². The van der Waals surface area contributed by atoms with Crippen molar-refractivity contribution in [3.05, 3.63) is 21.3 Å². The van der Waals surface area contributed by atoms with E-state index in [9.17, 15) is 9.59 Å². The van der Waals surface area contributed by atoms with Crippen LogP contribution in [-0.4, -0.2) is 53.5 Å². The molecule has 2 rings (SSSR count). The standard InChI is InChI=1S/C13H17ClN2O3S.ClH/c1-15(7-10-2-3-11(14)20-10)12(17)8-16-5-4-9(6-16)13(18)19;/h2-3,9H,4-8H2,1H3,(H,18,19);1H. The fourth-order valence-corrected chi connectivity index (χ4v) is 3.39. The molecule has 5 nitrogen and oxygen atoms in total. The highest BCUT2D eigenvalue weighted by molar-refractivity contribution is 7.16. The van der Waals surface area contributed by atoms with E-state index >= 15 is 0 Å². The van der Waals surface area contributed by atoms with Crippen LogP contribution in [0.3, 0.4) is 0 Å². The first-order valence-electron chi connectivity index (χ1n) is 6.39. The number of rotatable bonds is 5. The number of thiophene rings is 1. The smallest absolute Gasteiger partial charge is 0.307 e. The summed E-state index contributed by atoms with van der Waals surface area (Å²) in [5.41, 5.74) is 0. The Kier molecular flexibility index (Phi) is 6.93. The third kappa shape index (κ3) is 5.14. The summed E-state index contributed by atoms with van der Waals surface area (Å²) in [4.78, 5) is 27.6. The molecule has 1 aliphatic heterocycles. The molecule has 1 fully saturated rings. The summed E-state index contributed by atoms with van der Waals surface area (Å²) >= 11 is 7.32. The molecule has 0 saturated carbocycles. The number of carbonyl (C=O) groups excluding carboxylic acids is 1. The van der Waals surface area contributed by atoms with Crippen molar-refractivity contribution in [1.29, 1.82) is 0 Å². The average molecular weight is 353 g/mol. The van der Waals surface area contributed by atoms with Gasteiger partial charge in [0.15, 0.2) is 0 Å². The SMILES string of the molecule is CN(Cc1ccc(Cl)s1)C(=O)CN1CCC(C(=O)O)C1.Cl. The molecule has 0 radical (unpaired) electrons. The minimum absolute atomic E-state index is 0. The Bertz CT molecular complexity index is 509. The molecule has 0 spiro atoms. The molecule has 1 aromatic heterocycles. The van der Waals surface area contributed by atoms with E-state index in [0.717, 1.165) is 4.88 Å². The van der Waals surface area contributed by atoms with Gasteiger partial charge in [0.25, 0.3) is 0 Å². The highest BCUT2D eigenvalue weighted by atomic mass is 35.5. The molecular formula is C13H18Cl2N2O3S. The molecular weight excluding hydrogens is 335 g/mol. The second-order valence-corrected chi connectivity index (χ2v) is 6.81. The van der Waals surface area contributed by atoms with E-state index in [2.05, 4.69) is 0 Å². The van der Waals surface area contributed by atoms with Crippen LogP contribution in [0.2, 0.25) is 4.34 Å². The summed E-state index contributed by atoms with van der Waals surface area (Å²) in [5.74, 6) is -1.12. The molecule has 0 bridgehead atoms. The molecule has 21 heavy (non-hydrogen) atoms. The van der Waals surface area contributed by atoms with Crippen LogP contribution >= 0.6 is 35.3 Å². The van der Waals surface area contributed by atoms with Crippen LogP contribution in [0, 0.1) is 5.92 Å². The summed E-state index contributed by atoms with van der Waals surface area (Å²) < 4.78 is 0.713. The molecule has 0 aromatic carbocycles. The molecule has 2 heterocycles. The summed E-state index contributed by atoms with van der Waals surface area (Å²) in [6.45, 7) is 1.94. The largest absolute Gasteiger partial charge is 0.481 e. The van der Waals surface area contributed by atoms with Gasteiger partial charge in [-0.25, -0.2) is 0 Å². The van der Waals surface area contributed by atoms with Crippen LogP contribution in [0.1, 0.15) is 11.3 Å². The van der Waals surface area contributed by atoms with Gasteiger partial charge in [0.2, 0.25) is 5.91 Å². The quantitative estimate of drug-likeness (QED) is 0.882. The zero-order valence-electron chi connectivity index (χ0n) is 11.6. The van der Waals surface area contributed by atoms with Gasteiger partial charge in [-0.15, -0.1) is 23.7 Å². The van der Waals surface area contributed by atoms with Crippen molar-refractivity contribution < 1.29 is 14.7 Å². The predicted octanol–water partition coefficient (Wildman–Crippen LogP) is 2.19. The lowest BCUT2D eigenvalue weighted by atomic mass is 10.1. The van der Waals surface area contributed by atoms with Gasteiger partial charge in [0.1, 0.15) is 0 Å². The number of likely N-dealkylation sites (tertiary alicyclic amines) is 1. The maximum absolute atomic E-state index is 12.1. The normalized spacial score (nSPS) is 18.3. The first kappa shape index (κ1) is 18.2. The van der Waals surface area contributed by atoms with E-state index in [4.69, 9.17) is 16.7 Å². The Labute approximate surface area is 138 Å². The third-order valence-electron chi connectivity index (χ3n) is 3.43. The monoisotopic (exact) mass is 352 g/mol. The van der Waals surface area contributed by atoms with E-state index in [-0.39, 0.29) is 30.8 Å². The highest BCUT2D eigenvalue weighted by Gasteiger charge is 2.29. The number of carboxylic acid groups (broad SMARTS) is 1. The number of halogens is 2. The van der Waals surface area contributed by atoms with Crippen LogP contribution in [0.5, 0.6) is 0 Å². The molecule has 1 amide bonds. The summed E-state index contributed by atoms with van der Waals surface area (Å²) in [5, 5.41) is 8.94. The van der Waals surface area contributed by atoms with Gasteiger partial charge in [0, 0.05) is 18.5 Å². The van der Waals surface area contributed by atoms with Crippen molar-refractivity contribution in [3.63, 3.8) is 0 Å². The Morgan fingerprint density at radius 1 is 1.52 bits per heavy atom. The van der Waals surface area contributed by atoms with E-state index in [1.165, 1.54) is 11.3 Å². The van der Waals surface area contributed by atoms with Gasteiger partial charge in [-0.05, 0) is 25.1 Å². The van der Waals surface area contributed by atoms with Gasteiger partial charge in [-0.2, -0.15) is 0 Å². The minimum Gasteiger partial charge on any atom is -0.481 e. The molecule has 0 aliphatic carbocycles. The number of nitrogens with zero attached hydrogens (tertiary/aromatic N) is 2. The number of carbonyl (C=O) groups is 2. The van der Waals surface area contributed by atoms with Crippen molar-refractivity contribution in [2.24, 2.45) is 5.92 Å². The van der Waals surface area contributed by atoms with Gasteiger partial charge in [-0.1, -0.05) is 11.6 Å². The number of hydrogen-bond acceptors (Lipinski definition) is 4. The second-order valence-electron chi connectivity index (χ2n) is 5.01. The fraction of sp³-hybridized carbons (Fsp3) is 0.538. The Hall–Kier alpha value is -0.820. The van der Waals surface area contributed by atoms with E-state index in [1.54, 1.807) is 11.9 Å². The maximum Gasteiger partial charge on any atom is 0.307 e. The van der Waals surface area contributed by atoms with Crippen molar-refractivity contribution >= 4 is 47.2 Å². The van der Waals surface area contributed by atoms with Gasteiger partial charge < -0.3 is 10.0 Å². The molecule has 8 heteroatoms. The Balaban J connectivity index is 0.00000220. The van der Waals surface area contributed by atoms with Gasteiger partial charge in [-0.3, -0.25) is 14.5 Å². The maximum atomic E-state index is 12.1. The van der Waals surface area contributed by atoms with Crippen LogP contribution in [0.25, 0.3) is 0 Å². The topological polar surface area (TPSA) is 60.9 Å². The lowest BCUT2D eigenvalue weighted by Crippen LogP contribution is -2.37. The molecule has 118 valence electrons. The van der Waals surface area contributed by atoms with Crippen molar-refractivity contribution in [1.82, 2.24) is 9.80 Å². The summed E-state index contributed by atoms with van der Waals surface area (Å²) in [6, 6.07) is 3.73. The second kappa shape index (κ2) is 7.98. The van der Waals surface area contributed by atoms with Crippen LogP contribution < -0.4 is 0 Å². The van der Waals surface area contributed by atoms with E-state index < -0.39 is 5.97 Å². The molecule has 1 N–H and O–H groups in total. The van der Waals surface area contributed by atoms with E-state index in [0.29, 0.717) is 30.4 Å². The lowest BCUT2D eigenvalue weighted by Gasteiger charge is -2.20. The molecule has 1 aromatic rings. The van der Waals surface area contributed by atoms with Crippen LogP contribution in [0.15, 0.2) is 12.1 Å². The first-order chi connectivity index (χ1) is 9.45. The van der Waals surface area contributed by atoms with Crippen molar-refractivity contribution in [2.75, 3.05) is 26.7 Å². The number of carboxylic acids is 1. The zero-order chi connectivity index (χ0) is 14.7. The molecule has 1 atom stereocenters. The van der Waals surface area contributed by atoms with Crippen molar-refractivity contribution in [2.45, 2.75) is 13.0 Å². The lowest BCUT2D eigenvalue weighted by molar-refractivity contribution is -0.141. The van der Waals surface area contributed by atoms with Gasteiger partial charge >= 0.3 is 5.97 Å². The number of aliphatic carboxylic acids is 1. The molecule has 1 unspecified atom stereocenters.